The van der Waals surface area contributed by atoms with Crippen LogP contribution >= 0.6 is 43.2 Å². The van der Waals surface area contributed by atoms with Crippen LogP contribution in [0.5, 0.6) is 0 Å². The van der Waals surface area contributed by atoms with E-state index in [9.17, 15) is 9.90 Å². The molecular weight excluding hydrogens is 384 g/mol. The number of carboxylic acids is 1. The molecule has 1 aromatic carbocycles. The first-order chi connectivity index (χ1) is 8.50. The fourth-order valence-corrected chi connectivity index (χ4v) is 4.52. The van der Waals surface area contributed by atoms with Gasteiger partial charge in [-0.05, 0) is 49.6 Å². The summed E-state index contributed by atoms with van der Waals surface area (Å²) in [5.41, 5.74) is 1.15. The summed E-state index contributed by atoms with van der Waals surface area (Å²) in [6, 6.07) is 8.22. The Morgan fingerprint density at radius 2 is 1.89 bits per heavy atom. The molecule has 1 aromatic heterocycles. The molecule has 1 unspecified atom stereocenters. The molecule has 2 rings (SSSR count). The molecule has 2 N–H and O–H groups in total. The number of aliphatic hydroxyl groups is 1. The molecule has 2 aromatic rings. The second kappa shape index (κ2) is 5.52. The molecule has 0 aliphatic rings. The Labute approximate surface area is 124 Å². The van der Waals surface area contributed by atoms with E-state index >= 15 is 0 Å². The van der Waals surface area contributed by atoms with E-state index in [0.717, 1.165) is 7.57 Å². The van der Waals surface area contributed by atoms with Gasteiger partial charge in [-0.1, -0.05) is 18.2 Å². The molecule has 0 aliphatic carbocycles. The van der Waals surface area contributed by atoms with Gasteiger partial charge in [0, 0.05) is 5.56 Å². The van der Waals surface area contributed by atoms with Crippen molar-refractivity contribution in [1.29, 1.82) is 0 Å². The first kappa shape index (κ1) is 13.7. The lowest BCUT2D eigenvalue weighted by molar-refractivity contribution is 0.0691. The topological polar surface area (TPSA) is 57.5 Å². The minimum Gasteiger partial charge on any atom is -0.478 e. The van der Waals surface area contributed by atoms with Crippen molar-refractivity contribution in [3.63, 3.8) is 0 Å². The van der Waals surface area contributed by atoms with Gasteiger partial charge in [0.25, 0.3) is 0 Å². The van der Waals surface area contributed by atoms with E-state index in [2.05, 4.69) is 31.9 Å². The molecule has 0 saturated heterocycles. The molecule has 6 heteroatoms. The fraction of sp³-hybridized carbons (Fsp3) is 0.0833. The van der Waals surface area contributed by atoms with Crippen LogP contribution in [-0.2, 0) is 0 Å². The average molecular weight is 392 g/mol. The monoisotopic (exact) mass is 390 g/mol. The average Bonchev–Trinajstić information content (AvgIpc) is 2.67. The molecule has 0 spiro atoms. The van der Waals surface area contributed by atoms with Gasteiger partial charge in [0.05, 0.1) is 13.1 Å². The van der Waals surface area contributed by atoms with Crippen molar-refractivity contribution < 1.29 is 15.0 Å². The molecule has 0 aliphatic heterocycles. The van der Waals surface area contributed by atoms with Crippen molar-refractivity contribution in [3.8, 4) is 0 Å². The lowest BCUT2D eigenvalue weighted by Gasteiger charge is -2.12. The maximum atomic E-state index is 11.1. The molecule has 1 atom stereocenters. The summed E-state index contributed by atoms with van der Waals surface area (Å²) in [5.74, 6) is -1.05. The second-order valence-corrected chi connectivity index (χ2v) is 7.32. The number of benzene rings is 1. The molecular formula is C12H8Br2O3S. The van der Waals surface area contributed by atoms with Crippen LogP contribution in [0.4, 0.5) is 0 Å². The maximum Gasteiger partial charge on any atom is 0.336 e. The maximum absolute atomic E-state index is 11.1. The normalized spacial score (nSPS) is 12.4. The molecule has 0 saturated carbocycles. The Balaban J connectivity index is 2.49. The van der Waals surface area contributed by atoms with Gasteiger partial charge in [0.15, 0.2) is 0 Å². The molecule has 0 fully saturated rings. The Bertz CT molecular complexity index is 595. The van der Waals surface area contributed by atoms with Crippen molar-refractivity contribution in [3.05, 3.63) is 54.6 Å². The number of carbonyl (C=O) groups is 1. The number of halogens is 2. The SMILES string of the molecule is O=C(O)c1ccccc1C(O)c1cc(Br)sc1Br. The van der Waals surface area contributed by atoms with Crippen LogP contribution in [0.15, 0.2) is 37.9 Å². The molecule has 1 heterocycles. The largest absolute Gasteiger partial charge is 0.478 e. The summed E-state index contributed by atoms with van der Waals surface area (Å²) in [4.78, 5) is 11.1. The van der Waals surface area contributed by atoms with Crippen molar-refractivity contribution in [2.45, 2.75) is 6.10 Å². The lowest BCUT2D eigenvalue weighted by Crippen LogP contribution is -2.07. The number of aromatic carboxylic acids is 1. The van der Waals surface area contributed by atoms with Gasteiger partial charge < -0.3 is 10.2 Å². The highest BCUT2D eigenvalue weighted by molar-refractivity contribution is 9.12. The molecule has 94 valence electrons. The minimum absolute atomic E-state index is 0.110. The van der Waals surface area contributed by atoms with Crippen LogP contribution in [0.2, 0.25) is 0 Å². The molecule has 0 radical (unpaired) electrons. The van der Waals surface area contributed by atoms with E-state index in [0.29, 0.717) is 11.1 Å². The number of thiophene rings is 1. The third-order valence-corrected chi connectivity index (χ3v) is 4.85. The van der Waals surface area contributed by atoms with E-state index in [1.54, 1.807) is 24.3 Å². The Hall–Kier alpha value is -0.690. The van der Waals surface area contributed by atoms with E-state index in [1.807, 2.05) is 0 Å². The van der Waals surface area contributed by atoms with E-state index in [-0.39, 0.29) is 5.56 Å². The molecule has 3 nitrogen and oxygen atoms in total. The highest BCUT2D eigenvalue weighted by atomic mass is 79.9. The summed E-state index contributed by atoms with van der Waals surface area (Å²) in [5, 5.41) is 19.4. The van der Waals surface area contributed by atoms with Gasteiger partial charge in [-0.3, -0.25) is 0 Å². The van der Waals surface area contributed by atoms with Crippen molar-refractivity contribution in [2.24, 2.45) is 0 Å². The van der Waals surface area contributed by atoms with E-state index in [4.69, 9.17) is 5.11 Å². The van der Waals surface area contributed by atoms with Gasteiger partial charge in [-0.15, -0.1) is 11.3 Å². The van der Waals surface area contributed by atoms with Crippen LogP contribution in [0.1, 0.15) is 27.6 Å². The third-order valence-electron chi connectivity index (χ3n) is 2.46. The van der Waals surface area contributed by atoms with E-state index < -0.39 is 12.1 Å². The van der Waals surface area contributed by atoms with Crippen LogP contribution in [0.3, 0.4) is 0 Å². The standard InChI is InChI=1S/C12H8Br2O3S/c13-9-5-8(11(14)18-9)10(15)6-3-1-2-4-7(6)12(16)17/h1-5,10,15H,(H,16,17). The van der Waals surface area contributed by atoms with Crippen LogP contribution in [0.25, 0.3) is 0 Å². The van der Waals surface area contributed by atoms with Crippen LogP contribution < -0.4 is 0 Å². The van der Waals surface area contributed by atoms with Crippen LogP contribution in [-0.4, -0.2) is 16.2 Å². The highest BCUT2D eigenvalue weighted by Crippen LogP contribution is 2.38. The van der Waals surface area contributed by atoms with Gasteiger partial charge in [0.1, 0.15) is 6.10 Å². The van der Waals surface area contributed by atoms with Gasteiger partial charge in [-0.2, -0.15) is 0 Å². The third kappa shape index (κ3) is 2.66. The minimum atomic E-state index is -1.05. The number of rotatable bonds is 3. The summed E-state index contributed by atoms with van der Waals surface area (Å²) in [6.07, 6.45) is -0.964. The zero-order valence-corrected chi connectivity index (χ0v) is 12.9. The predicted octanol–water partition coefficient (Wildman–Crippen LogP) is 4.05. The lowest BCUT2D eigenvalue weighted by atomic mass is 9.99. The number of hydrogen-bond donors (Lipinski definition) is 2. The number of hydrogen-bond acceptors (Lipinski definition) is 3. The van der Waals surface area contributed by atoms with Crippen molar-refractivity contribution in [1.82, 2.24) is 0 Å². The second-order valence-electron chi connectivity index (χ2n) is 3.57. The first-order valence-corrected chi connectivity index (χ1v) is 7.36. The molecule has 0 bridgehead atoms. The van der Waals surface area contributed by atoms with Gasteiger partial charge in [-0.25, -0.2) is 4.79 Å². The smallest absolute Gasteiger partial charge is 0.336 e. The van der Waals surface area contributed by atoms with Crippen molar-refractivity contribution in [2.75, 3.05) is 0 Å². The zero-order chi connectivity index (χ0) is 13.3. The summed E-state index contributed by atoms with van der Waals surface area (Å²) < 4.78 is 1.65. The Kier molecular flexibility index (Phi) is 4.21. The summed E-state index contributed by atoms with van der Waals surface area (Å²) in [6.45, 7) is 0. The molecule has 0 amide bonds. The van der Waals surface area contributed by atoms with E-state index in [1.165, 1.54) is 17.4 Å². The molecule has 18 heavy (non-hydrogen) atoms. The number of carboxylic acid groups (broad SMARTS) is 1. The fourth-order valence-electron chi connectivity index (χ4n) is 1.64. The Morgan fingerprint density at radius 3 is 2.44 bits per heavy atom. The van der Waals surface area contributed by atoms with Crippen LogP contribution in [0, 0.1) is 0 Å². The summed E-state index contributed by atoms with van der Waals surface area (Å²) >= 11 is 8.12. The van der Waals surface area contributed by atoms with Gasteiger partial charge in [0.2, 0.25) is 0 Å². The van der Waals surface area contributed by atoms with Gasteiger partial charge >= 0.3 is 5.97 Å². The Morgan fingerprint density at radius 1 is 1.22 bits per heavy atom. The number of aliphatic hydroxyl groups excluding tert-OH is 1. The first-order valence-electron chi connectivity index (χ1n) is 4.95. The zero-order valence-electron chi connectivity index (χ0n) is 8.93. The van der Waals surface area contributed by atoms with Crippen molar-refractivity contribution >= 4 is 49.2 Å². The predicted molar refractivity (Wildman–Crippen MR) is 77.2 cm³/mol. The summed E-state index contributed by atoms with van der Waals surface area (Å²) in [7, 11) is 0. The highest BCUT2D eigenvalue weighted by Gasteiger charge is 2.21. The quantitative estimate of drug-likeness (QED) is 0.829.